The van der Waals surface area contributed by atoms with Crippen molar-refractivity contribution in [2.45, 2.75) is 6.54 Å². The number of hydrogen-bond donors (Lipinski definition) is 1. The molecular formula is C20H14ClFN4O. The van der Waals surface area contributed by atoms with Crippen LogP contribution in [0, 0.1) is 5.82 Å². The van der Waals surface area contributed by atoms with Crippen molar-refractivity contribution in [3.05, 3.63) is 83.3 Å². The van der Waals surface area contributed by atoms with Crippen LogP contribution in [0.1, 0.15) is 16.1 Å². The highest BCUT2D eigenvalue weighted by Gasteiger charge is 2.12. The number of carbonyl (C=O) groups excluding carboxylic acids is 1. The summed E-state index contributed by atoms with van der Waals surface area (Å²) in [6, 6.07) is 13.5. The number of nitrogens with zero attached hydrogens (tertiary/aromatic N) is 3. The van der Waals surface area contributed by atoms with Crippen LogP contribution in [0.2, 0.25) is 5.28 Å². The standard InChI is InChI=1S/C20H14ClFN4O/c21-20-24-7-8-26(20)11-12-1-6-15-16(13-2-4-14(22)5-3-13)10-18(19(23)27)25-17(15)9-12/h1-10H,11H2,(H2,23,27). The fourth-order valence-electron chi connectivity index (χ4n) is 2.99. The van der Waals surface area contributed by atoms with E-state index in [2.05, 4.69) is 9.97 Å². The molecule has 0 aliphatic carbocycles. The first kappa shape index (κ1) is 17.2. The van der Waals surface area contributed by atoms with Crippen LogP contribution in [0.4, 0.5) is 4.39 Å². The lowest BCUT2D eigenvalue weighted by atomic mass is 9.98. The molecule has 0 aliphatic heterocycles. The van der Waals surface area contributed by atoms with Crippen molar-refractivity contribution in [2.75, 3.05) is 0 Å². The van der Waals surface area contributed by atoms with E-state index >= 15 is 0 Å². The van der Waals surface area contributed by atoms with Crippen molar-refractivity contribution in [3.63, 3.8) is 0 Å². The number of rotatable bonds is 4. The first-order valence-corrected chi connectivity index (χ1v) is 8.55. The Hall–Kier alpha value is -3.25. The number of nitrogens with two attached hydrogens (primary N) is 1. The number of amides is 1. The number of halogens is 2. The predicted octanol–water partition coefficient (Wildman–Crippen LogP) is 4.04. The molecule has 1 amide bonds. The van der Waals surface area contributed by atoms with Gasteiger partial charge in [-0.05, 0) is 52.6 Å². The molecule has 27 heavy (non-hydrogen) atoms. The molecule has 0 spiro atoms. The van der Waals surface area contributed by atoms with Crippen LogP contribution in [0.5, 0.6) is 0 Å². The van der Waals surface area contributed by atoms with Crippen LogP contribution in [0.15, 0.2) is 60.9 Å². The van der Waals surface area contributed by atoms with Crippen molar-refractivity contribution in [1.29, 1.82) is 0 Å². The van der Waals surface area contributed by atoms with Crippen LogP contribution in [-0.4, -0.2) is 20.4 Å². The van der Waals surface area contributed by atoms with Gasteiger partial charge in [0.2, 0.25) is 5.28 Å². The van der Waals surface area contributed by atoms with E-state index in [0.717, 1.165) is 22.1 Å². The van der Waals surface area contributed by atoms with Gasteiger partial charge in [0.25, 0.3) is 5.91 Å². The van der Waals surface area contributed by atoms with Crippen LogP contribution in [0.25, 0.3) is 22.0 Å². The van der Waals surface area contributed by atoms with Crippen molar-refractivity contribution in [3.8, 4) is 11.1 Å². The van der Waals surface area contributed by atoms with E-state index in [-0.39, 0.29) is 11.5 Å². The maximum Gasteiger partial charge on any atom is 0.267 e. The molecular weight excluding hydrogens is 367 g/mol. The van der Waals surface area contributed by atoms with Crippen molar-refractivity contribution in [1.82, 2.24) is 14.5 Å². The summed E-state index contributed by atoms with van der Waals surface area (Å²) in [7, 11) is 0. The van der Waals surface area contributed by atoms with E-state index in [0.29, 0.717) is 17.3 Å². The van der Waals surface area contributed by atoms with Gasteiger partial charge in [0.05, 0.1) is 5.52 Å². The Morgan fingerprint density at radius 1 is 1.15 bits per heavy atom. The zero-order valence-corrected chi connectivity index (χ0v) is 14.8. The van der Waals surface area contributed by atoms with E-state index in [1.165, 1.54) is 12.1 Å². The maximum atomic E-state index is 13.3. The summed E-state index contributed by atoms with van der Waals surface area (Å²) in [4.78, 5) is 20.1. The number of hydrogen-bond acceptors (Lipinski definition) is 3. The summed E-state index contributed by atoms with van der Waals surface area (Å²) in [5.74, 6) is -0.949. The average molecular weight is 381 g/mol. The highest BCUT2D eigenvalue weighted by Crippen LogP contribution is 2.30. The summed E-state index contributed by atoms with van der Waals surface area (Å²) in [6.45, 7) is 0.517. The topological polar surface area (TPSA) is 73.8 Å². The number of carbonyl (C=O) groups is 1. The van der Waals surface area contributed by atoms with Crippen molar-refractivity contribution < 1.29 is 9.18 Å². The summed E-state index contributed by atoms with van der Waals surface area (Å²) in [6.07, 6.45) is 3.41. The summed E-state index contributed by atoms with van der Waals surface area (Å²) in [5, 5.41) is 1.23. The minimum Gasteiger partial charge on any atom is -0.364 e. The Balaban J connectivity index is 1.86. The maximum absolute atomic E-state index is 13.3. The zero-order valence-electron chi connectivity index (χ0n) is 14.1. The van der Waals surface area contributed by atoms with E-state index in [1.807, 2.05) is 18.2 Å². The molecule has 4 aromatic rings. The van der Waals surface area contributed by atoms with E-state index in [4.69, 9.17) is 17.3 Å². The molecule has 0 saturated heterocycles. The van der Waals surface area contributed by atoms with E-state index in [1.54, 1.807) is 35.2 Å². The Bertz CT molecular complexity index is 1150. The monoisotopic (exact) mass is 380 g/mol. The number of fused-ring (bicyclic) bond motifs is 1. The molecule has 2 aromatic heterocycles. The lowest BCUT2D eigenvalue weighted by Crippen LogP contribution is -2.13. The molecule has 2 aromatic carbocycles. The molecule has 0 bridgehead atoms. The van der Waals surface area contributed by atoms with Gasteiger partial charge >= 0.3 is 0 Å². The molecule has 0 unspecified atom stereocenters. The molecule has 4 rings (SSSR count). The Morgan fingerprint density at radius 3 is 2.59 bits per heavy atom. The van der Waals surface area contributed by atoms with Gasteiger partial charge in [0.1, 0.15) is 11.5 Å². The largest absolute Gasteiger partial charge is 0.364 e. The molecule has 134 valence electrons. The quantitative estimate of drug-likeness (QED) is 0.580. The molecule has 2 N–H and O–H groups in total. The first-order valence-electron chi connectivity index (χ1n) is 8.17. The predicted molar refractivity (Wildman–Crippen MR) is 102 cm³/mol. The highest BCUT2D eigenvalue weighted by atomic mass is 35.5. The second-order valence-corrected chi connectivity index (χ2v) is 6.44. The third-order valence-electron chi connectivity index (χ3n) is 4.30. The van der Waals surface area contributed by atoms with Gasteiger partial charge in [-0.2, -0.15) is 0 Å². The Morgan fingerprint density at radius 2 is 1.93 bits per heavy atom. The van der Waals surface area contributed by atoms with E-state index < -0.39 is 5.91 Å². The fourth-order valence-corrected chi connectivity index (χ4v) is 3.16. The van der Waals surface area contributed by atoms with Crippen molar-refractivity contribution in [2.24, 2.45) is 5.73 Å². The molecule has 2 heterocycles. The van der Waals surface area contributed by atoms with Gasteiger partial charge in [-0.15, -0.1) is 0 Å². The van der Waals surface area contributed by atoms with Crippen LogP contribution in [-0.2, 0) is 6.54 Å². The van der Waals surface area contributed by atoms with Gasteiger partial charge in [-0.3, -0.25) is 4.79 Å². The van der Waals surface area contributed by atoms with Crippen LogP contribution < -0.4 is 5.73 Å². The first-order chi connectivity index (χ1) is 13.0. The third-order valence-corrected chi connectivity index (χ3v) is 4.61. The van der Waals surface area contributed by atoms with Gasteiger partial charge < -0.3 is 10.3 Å². The Kier molecular flexibility index (Phi) is 4.33. The highest BCUT2D eigenvalue weighted by molar-refractivity contribution is 6.28. The number of pyridine rings is 1. The molecule has 5 nitrogen and oxygen atoms in total. The SMILES string of the molecule is NC(=O)c1cc(-c2ccc(F)cc2)c2ccc(Cn3ccnc3Cl)cc2n1. The average Bonchev–Trinajstić information content (AvgIpc) is 3.06. The minimum atomic E-state index is -0.622. The molecule has 0 saturated carbocycles. The molecule has 0 aliphatic rings. The van der Waals surface area contributed by atoms with Crippen LogP contribution >= 0.6 is 11.6 Å². The normalized spacial score (nSPS) is 11.0. The van der Waals surface area contributed by atoms with Gasteiger partial charge in [0, 0.05) is 24.3 Å². The van der Waals surface area contributed by atoms with Gasteiger partial charge in [-0.1, -0.05) is 24.3 Å². The van der Waals surface area contributed by atoms with E-state index in [9.17, 15) is 9.18 Å². The van der Waals surface area contributed by atoms with Gasteiger partial charge in [0.15, 0.2) is 0 Å². The molecule has 0 fully saturated rings. The minimum absolute atomic E-state index is 0.152. The van der Waals surface area contributed by atoms with Crippen LogP contribution in [0.3, 0.4) is 0 Å². The molecule has 0 atom stereocenters. The number of aromatic nitrogens is 3. The second kappa shape index (κ2) is 6.81. The molecule has 0 radical (unpaired) electrons. The Labute approximate surface area is 159 Å². The number of benzene rings is 2. The number of primary amides is 1. The van der Waals surface area contributed by atoms with Crippen molar-refractivity contribution >= 4 is 28.4 Å². The second-order valence-electron chi connectivity index (χ2n) is 6.10. The molecule has 7 heteroatoms. The zero-order chi connectivity index (χ0) is 19.0. The fraction of sp³-hybridized carbons (Fsp3) is 0.0500. The summed E-state index contributed by atoms with van der Waals surface area (Å²) in [5.41, 5.74) is 8.71. The lowest BCUT2D eigenvalue weighted by Gasteiger charge is -2.11. The smallest absolute Gasteiger partial charge is 0.267 e. The van der Waals surface area contributed by atoms with Gasteiger partial charge in [-0.25, -0.2) is 14.4 Å². The third kappa shape index (κ3) is 3.39. The number of imidazole rings is 1. The lowest BCUT2D eigenvalue weighted by molar-refractivity contribution is 0.0996. The summed E-state index contributed by atoms with van der Waals surface area (Å²) >= 11 is 6.04. The summed E-state index contributed by atoms with van der Waals surface area (Å²) < 4.78 is 15.1.